The Bertz CT molecular complexity index is 763. The van der Waals surface area contributed by atoms with Crippen molar-refractivity contribution in [3.05, 3.63) is 76.4 Å². The molecule has 0 atom stereocenters. The zero-order valence-electron chi connectivity index (χ0n) is 15.3. The third-order valence-corrected chi connectivity index (χ3v) is 3.91. The quantitative estimate of drug-likeness (QED) is 0.707. The van der Waals surface area contributed by atoms with Crippen LogP contribution in [-0.2, 0) is 11.2 Å². The second kappa shape index (κ2) is 11.1. The Hall–Kier alpha value is -2.62. The summed E-state index contributed by atoms with van der Waals surface area (Å²) in [7, 11) is 0. The molecule has 0 N–H and O–H groups in total. The van der Waals surface area contributed by atoms with Gasteiger partial charge in [0, 0.05) is 25.3 Å². The summed E-state index contributed by atoms with van der Waals surface area (Å²) in [5.74, 6) is 1.74. The molecule has 2 rings (SSSR count). The second-order valence-corrected chi connectivity index (χ2v) is 6.12. The predicted molar refractivity (Wildman–Crippen MR) is 103 cm³/mol. The maximum absolute atomic E-state index is 11.9. The number of carbonyl (C=O) groups excluding carboxylic acids is 1. The van der Waals surface area contributed by atoms with E-state index in [1.165, 1.54) is 12.1 Å². The molecule has 1 aromatic heterocycles. The summed E-state index contributed by atoms with van der Waals surface area (Å²) in [4.78, 5) is 23.6. The summed E-state index contributed by atoms with van der Waals surface area (Å²) in [5.41, 5.74) is -0.113. The van der Waals surface area contributed by atoms with E-state index in [4.69, 9.17) is 9.15 Å². The Morgan fingerprint density at radius 1 is 1.04 bits per heavy atom. The van der Waals surface area contributed by atoms with Gasteiger partial charge in [0.05, 0.1) is 6.07 Å². The lowest BCUT2D eigenvalue weighted by Crippen LogP contribution is -2.03. The molecule has 0 unspecified atom stereocenters. The van der Waals surface area contributed by atoms with E-state index in [2.05, 4.69) is 0 Å². The number of aryl methyl sites for hydroxylation is 1. The number of hydrogen-bond donors (Lipinski definition) is 0. The van der Waals surface area contributed by atoms with Gasteiger partial charge in [-0.2, -0.15) is 0 Å². The lowest BCUT2D eigenvalue weighted by molar-refractivity contribution is -0.113. The monoisotopic (exact) mass is 354 g/mol. The number of carbonyl (C=O) groups is 1. The first-order valence-corrected chi connectivity index (χ1v) is 9.19. The average molecular weight is 354 g/mol. The summed E-state index contributed by atoms with van der Waals surface area (Å²) in [5, 5.41) is 0. The minimum absolute atomic E-state index is 0.104. The van der Waals surface area contributed by atoms with Crippen molar-refractivity contribution in [2.75, 3.05) is 0 Å². The fourth-order valence-corrected chi connectivity index (χ4v) is 2.53. The van der Waals surface area contributed by atoms with Gasteiger partial charge >= 0.3 is 0 Å². The molecule has 4 nitrogen and oxygen atoms in total. The molecule has 2 bridgehead atoms. The van der Waals surface area contributed by atoms with Crippen LogP contribution < -0.4 is 10.2 Å². The fourth-order valence-electron chi connectivity index (χ4n) is 2.53. The zero-order valence-corrected chi connectivity index (χ0v) is 15.3. The minimum Gasteiger partial charge on any atom is -0.431 e. The summed E-state index contributed by atoms with van der Waals surface area (Å²) < 4.78 is 11.5. The van der Waals surface area contributed by atoms with Gasteiger partial charge < -0.3 is 9.15 Å². The number of fused-ring (bicyclic) bond motifs is 2. The summed E-state index contributed by atoms with van der Waals surface area (Å²) in [6.45, 7) is 1.99. The van der Waals surface area contributed by atoms with Gasteiger partial charge in [0.25, 0.3) is 5.95 Å². The first-order valence-electron chi connectivity index (χ1n) is 9.19. The van der Waals surface area contributed by atoms with Crippen molar-refractivity contribution < 1.29 is 13.9 Å². The number of allylic oxidation sites excluding steroid dienone is 8. The summed E-state index contributed by atoms with van der Waals surface area (Å²) in [6, 6.07) is 2.89. The molecule has 26 heavy (non-hydrogen) atoms. The number of hydrogen-bond acceptors (Lipinski definition) is 4. The third-order valence-electron chi connectivity index (χ3n) is 3.91. The number of ether oxygens (including phenoxy) is 1. The van der Waals surface area contributed by atoms with E-state index in [-0.39, 0.29) is 17.2 Å². The first-order chi connectivity index (χ1) is 12.7. The van der Waals surface area contributed by atoms with Crippen LogP contribution in [0.2, 0.25) is 0 Å². The van der Waals surface area contributed by atoms with E-state index < -0.39 is 0 Å². The maximum atomic E-state index is 11.9. The molecule has 0 aromatic carbocycles. The van der Waals surface area contributed by atoms with Gasteiger partial charge in [0.2, 0.25) is 0 Å². The van der Waals surface area contributed by atoms with Gasteiger partial charge in [-0.05, 0) is 37.8 Å². The molecule has 1 aliphatic heterocycles. The van der Waals surface area contributed by atoms with Crippen molar-refractivity contribution in [2.45, 2.75) is 51.9 Å². The van der Waals surface area contributed by atoms with Crippen LogP contribution in [0, 0.1) is 0 Å². The van der Waals surface area contributed by atoms with Crippen molar-refractivity contribution in [2.24, 2.45) is 0 Å². The number of rotatable bonds is 1. The van der Waals surface area contributed by atoms with Crippen LogP contribution in [0.25, 0.3) is 0 Å². The molecule has 0 saturated heterocycles. The summed E-state index contributed by atoms with van der Waals surface area (Å²) >= 11 is 0. The molecule has 2 heterocycles. The number of ketones is 1. The molecular formula is C22H26O4. The standard InChI is InChI=1S/C22H26O4/c1-2-20-14-10-5-3-4-8-12-18(23)13-9-6-7-11-15-21-16-19(24)17-22(25-20)26-21/h3-5,8-9,13-14,16-17H,2,6-7,10-12,15H2,1H3/b5-3+,8-4-,13-9-,20-14-. The lowest BCUT2D eigenvalue weighted by atomic mass is 10.1. The van der Waals surface area contributed by atoms with E-state index in [0.29, 0.717) is 31.4 Å². The van der Waals surface area contributed by atoms with Crippen molar-refractivity contribution in [1.29, 1.82) is 0 Å². The Kier molecular flexibility index (Phi) is 8.40. The van der Waals surface area contributed by atoms with Crippen LogP contribution in [0.1, 0.15) is 51.2 Å². The Morgan fingerprint density at radius 3 is 2.73 bits per heavy atom. The summed E-state index contributed by atoms with van der Waals surface area (Å²) in [6.07, 6.45) is 18.3. The largest absolute Gasteiger partial charge is 0.431 e. The van der Waals surface area contributed by atoms with Crippen molar-refractivity contribution in [3.63, 3.8) is 0 Å². The molecule has 1 aliphatic rings. The molecule has 0 radical (unpaired) electrons. The molecule has 0 fully saturated rings. The molecular weight excluding hydrogens is 328 g/mol. The van der Waals surface area contributed by atoms with E-state index in [0.717, 1.165) is 25.0 Å². The highest BCUT2D eigenvalue weighted by atomic mass is 16.6. The van der Waals surface area contributed by atoms with Crippen LogP contribution in [0.4, 0.5) is 0 Å². The topological polar surface area (TPSA) is 56.5 Å². The van der Waals surface area contributed by atoms with Crippen LogP contribution in [0.5, 0.6) is 5.95 Å². The van der Waals surface area contributed by atoms with Crippen LogP contribution in [0.15, 0.2) is 69.6 Å². The molecule has 0 saturated carbocycles. The smallest absolute Gasteiger partial charge is 0.293 e. The van der Waals surface area contributed by atoms with E-state index in [9.17, 15) is 9.59 Å². The lowest BCUT2D eigenvalue weighted by Gasteiger charge is -2.08. The highest BCUT2D eigenvalue weighted by Gasteiger charge is 2.06. The molecule has 0 amide bonds. The van der Waals surface area contributed by atoms with Gasteiger partial charge in [-0.1, -0.05) is 37.3 Å². The van der Waals surface area contributed by atoms with Gasteiger partial charge in [-0.3, -0.25) is 9.59 Å². The molecule has 4 heteroatoms. The minimum atomic E-state index is -0.113. The van der Waals surface area contributed by atoms with Gasteiger partial charge in [0.1, 0.15) is 11.5 Å². The Morgan fingerprint density at radius 2 is 1.88 bits per heavy atom. The highest BCUT2D eigenvalue weighted by molar-refractivity contribution is 5.90. The fraction of sp³-hybridized carbons (Fsp3) is 0.364. The second-order valence-electron chi connectivity index (χ2n) is 6.12. The van der Waals surface area contributed by atoms with E-state index in [1.807, 2.05) is 43.4 Å². The van der Waals surface area contributed by atoms with Gasteiger partial charge in [-0.25, -0.2) is 0 Å². The Labute approximate surface area is 154 Å². The van der Waals surface area contributed by atoms with E-state index in [1.54, 1.807) is 6.08 Å². The molecule has 0 spiro atoms. The molecule has 138 valence electrons. The molecule has 1 aromatic rings. The van der Waals surface area contributed by atoms with Gasteiger partial charge in [0.15, 0.2) is 11.2 Å². The molecule has 0 aliphatic carbocycles. The average Bonchev–Trinajstić information content (AvgIpc) is 2.61. The third kappa shape index (κ3) is 7.51. The predicted octanol–water partition coefficient (Wildman–Crippen LogP) is 5.06. The van der Waals surface area contributed by atoms with Crippen LogP contribution in [0.3, 0.4) is 0 Å². The zero-order chi connectivity index (χ0) is 18.6. The van der Waals surface area contributed by atoms with E-state index >= 15 is 0 Å². The maximum Gasteiger partial charge on any atom is 0.293 e. The first kappa shape index (κ1) is 19.7. The van der Waals surface area contributed by atoms with Gasteiger partial charge in [-0.15, -0.1) is 0 Å². The highest BCUT2D eigenvalue weighted by Crippen LogP contribution is 2.17. The van der Waals surface area contributed by atoms with Crippen LogP contribution >= 0.6 is 0 Å². The van der Waals surface area contributed by atoms with Crippen LogP contribution in [-0.4, -0.2) is 5.78 Å². The van der Waals surface area contributed by atoms with Crippen molar-refractivity contribution in [3.8, 4) is 5.95 Å². The SMILES string of the molecule is CC/C1=C/C/C=C/C=C\CC(=O)/C=C\CCCCc2cc(=O)cc(o2)O1. The normalized spacial score (nSPS) is 22.7. The van der Waals surface area contributed by atoms with Crippen molar-refractivity contribution in [1.82, 2.24) is 0 Å². The van der Waals surface area contributed by atoms with Crippen molar-refractivity contribution >= 4 is 5.78 Å². The Balaban J connectivity index is 2.16.